The summed E-state index contributed by atoms with van der Waals surface area (Å²) in [7, 11) is 0. The molecule has 31 heavy (non-hydrogen) atoms. The average Bonchev–Trinajstić information content (AvgIpc) is 2.76. The largest absolute Gasteiger partial charge is 0.480 e. The van der Waals surface area contributed by atoms with Gasteiger partial charge in [-0.15, -0.1) is 0 Å². The Hall–Kier alpha value is -3.77. The van der Waals surface area contributed by atoms with Gasteiger partial charge in [0.2, 0.25) is 5.96 Å². The van der Waals surface area contributed by atoms with Crippen LogP contribution >= 0.6 is 11.6 Å². The first-order chi connectivity index (χ1) is 14.9. The van der Waals surface area contributed by atoms with Crippen molar-refractivity contribution in [2.75, 3.05) is 25.0 Å². The lowest BCUT2D eigenvalue weighted by molar-refractivity contribution is -0.143. The smallest absolute Gasteiger partial charge is 0.328 e. The summed E-state index contributed by atoms with van der Waals surface area (Å²) >= 11 is 5.85. The third kappa shape index (κ3) is 5.43. The van der Waals surface area contributed by atoms with Crippen LogP contribution in [0.2, 0.25) is 5.02 Å². The van der Waals surface area contributed by atoms with Gasteiger partial charge in [-0.25, -0.2) is 14.6 Å². The maximum atomic E-state index is 12.7. The van der Waals surface area contributed by atoms with Crippen LogP contribution in [0.4, 0.5) is 16.2 Å². The van der Waals surface area contributed by atoms with Gasteiger partial charge in [0, 0.05) is 23.8 Å². The first kappa shape index (κ1) is 21.9. The number of anilines is 1. The van der Waals surface area contributed by atoms with E-state index in [1.165, 1.54) is 4.90 Å². The summed E-state index contributed by atoms with van der Waals surface area (Å²) < 4.78 is 0. The van der Waals surface area contributed by atoms with Gasteiger partial charge in [0.15, 0.2) is 6.19 Å². The molecule has 1 aliphatic heterocycles. The number of hydrogen-bond donors (Lipinski definition) is 3. The van der Waals surface area contributed by atoms with E-state index in [9.17, 15) is 14.7 Å². The molecule has 3 rings (SSSR count). The zero-order chi connectivity index (χ0) is 22.4. The normalized spacial score (nSPS) is 16.4. The third-order valence-corrected chi connectivity index (χ3v) is 5.08. The van der Waals surface area contributed by atoms with Crippen molar-refractivity contribution in [2.24, 2.45) is 4.99 Å². The SMILES string of the molecule is Cc1ccccc1N=C(NC#N)N1CCN(C(=O)Nc2ccc(Cl)cc2)C(C(=O)O)C1. The van der Waals surface area contributed by atoms with Gasteiger partial charge in [0.1, 0.15) is 6.04 Å². The number of carboxylic acids is 1. The average molecular weight is 441 g/mol. The predicted octanol–water partition coefficient (Wildman–Crippen LogP) is 3.01. The lowest BCUT2D eigenvalue weighted by atomic mass is 10.1. The summed E-state index contributed by atoms with van der Waals surface area (Å²) in [5.41, 5.74) is 2.08. The molecule has 2 aromatic carbocycles. The van der Waals surface area contributed by atoms with E-state index in [2.05, 4.69) is 15.6 Å². The molecule has 0 spiro atoms. The topological polar surface area (TPSA) is 121 Å². The molecule has 0 aromatic heterocycles. The molecular formula is C21H21ClN6O3. The van der Waals surface area contributed by atoms with Crippen molar-refractivity contribution >= 4 is 40.9 Å². The number of urea groups is 1. The molecule has 0 bridgehead atoms. The van der Waals surface area contributed by atoms with Crippen molar-refractivity contribution in [1.82, 2.24) is 15.1 Å². The van der Waals surface area contributed by atoms with Crippen LogP contribution in [-0.4, -0.2) is 58.5 Å². The Morgan fingerprint density at radius 3 is 2.55 bits per heavy atom. The van der Waals surface area contributed by atoms with Crippen molar-refractivity contribution < 1.29 is 14.7 Å². The first-order valence-corrected chi connectivity index (χ1v) is 9.87. The van der Waals surface area contributed by atoms with Gasteiger partial charge in [-0.05, 0) is 42.8 Å². The first-order valence-electron chi connectivity index (χ1n) is 9.49. The molecular weight excluding hydrogens is 420 g/mol. The second-order valence-corrected chi connectivity index (χ2v) is 7.33. The number of nitrogens with zero attached hydrogens (tertiary/aromatic N) is 4. The highest BCUT2D eigenvalue weighted by atomic mass is 35.5. The molecule has 0 radical (unpaired) electrons. The maximum Gasteiger partial charge on any atom is 0.328 e. The molecule has 2 amide bonds. The number of carbonyl (C=O) groups is 2. The van der Waals surface area contributed by atoms with Crippen LogP contribution in [-0.2, 0) is 4.79 Å². The Balaban J connectivity index is 1.78. The summed E-state index contributed by atoms with van der Waals surface area (Å²) in [5.74, 6) is -0.913. The second-order valence-electron chi connectivity index (χ2n) is 6.89. The fourth-order valence-corrected chi connectivity index (χ4v) is 3.31. The summed E-state index contributed by atoms with van der Waals surface area (Å²) in [4.78, 5) is 32.0. The van der Waals surface area contributed by atoms with E-state index in [1.54, 1.807) is 35.2 Å². The molecule has 1 aliphatic rings. The molecule has 1 heterocycles. The van der Waals surface area contributed by atoms with Crippen LogP contribution in [0, 0.1) is 18.4 Å². The van der Waals surface area contributed by atoms with Crippen LogP contribution in [0.5, 0.6) is 0 Å². The van der Waals surface area contributed by atoms with Gasteiger partial charge < -0.3 is 20.2 Å². The van der Waals surface area contributed by atoms with E-state index in [1.807, 2.05) is 31.3 Å². The maximum absolute atomic E-state index is 12.7. The molecule has 10 heteroatoms. The molecule has 0 saturated carbocycles. The molecule has 1 unspecified atom stereocenters. The number of aliphatic carboxylic acids is 1. The molecule has 9 nitrogen and oxygen atoms in total. The van der Waals surface area contributed by atoms with E-state index in [0.717, 1.165) is 5.56 Å². The number of carboxylic acid groups (broad SMARTS) is 1. The van der Waals surface area contributed by atoms with Gasteiger partial charge in [-0.2, -0.15) is 5.26 Å². The van der Waals surface area contributed by atoms with Gasteiger partial charge in [0.05, 0.1) is 12.2 Å². The number of aliphatic imine (C=N–C) groups is 1. The fraction of sp³-hybridized carbons (Fsp3) is 0.238. The van der Waals surface area contributed by atoms with E-state index < -0.39 is 18.0 Å². The number of nitrogens with one attached hydrogen (secondary N) is 2. The minimum atomic E-state index is -1.15. The number of para-hydroxylation sites is 1. The lowest BCUT2D eigenvalue weighted by Gasteiger charge is -2.40. The zero-order valence-corrected chi connectivity index (χ0v) is 17.5. The van der Waals surface area contributed by atoms with E-state index in [-0.39, 0.29) is 19.0 Å². The number of halogens is 1. The van der Waals surface area contributed by atoms with Crippen molar-refractivity contribution in [2.45, 2.75) is 13.0 Å². The molecule has 0 aliphatic carbocycles. The number of nitriles is 1. The highest BCUT2D eigenvalue weighted by Crippen LogP contribution is 2.20. The van der Waals surface area contributed by atoms with Gasteiger partial charge in [0.25, 0.3) is 0 Å². The quantitative estimate of drug-likeness (QED) is 0.292. The minimum Gasteiger partial charge on any atom is -0.480 e. The predicted molar refractivity (Wildman–Crippen MR) is 117 cm³/mol. The highest BCUT2D eigenvalue weighted by molar-refractivity contribution is 6.30. The monoisotopic (exact) mass is 440 g/mol. The summed E-state index contributed by atoms with van der Waals surface area (Å²) in [6.45, 7) is 2.30. The van der Waals surface area contributed by atoms with Gasteiger partial charge in [-0.1, -0.05) is 29.8 Å². The van der Waals surface area contributed by atoms with Crippen molar-refractivity contribution in [3.63, 3.8) is 0 Å². The Morgan fingerprint density at radius 2 is 1.90 bits per heavy atom. The number of piperazine rings is 1. The number of carbonyl (C=O) groups excluding carboxylic acids is 1. The van der Waals surface area contributed by atoms with Crippen molar-refractivity contribution in [3.8, 4) is 6.19 Å². The molecule has 1 atom stereocenters. The van der Waals surface area contributed by atoms with Gasteiger partial charge >= 0.3 is 12.0 Å². The van der Waals surface area contributed by atoms with Crippen molar-refractivity contribution in [3.05, 3.63) is 59.1 Å². The number of guanidine groups is 1. The highest BCUT2D eigenvalue weighted by Gasteiger charge is 2.36. The number of rotatable bonds is 3. The number of aryl methyl sites for hydroxylation is 1. The van der Waals surface area contributed by atoms with Crippen LogP contribution in [0.1, 0.15) is 5.56 Å². The summed E-state index contributed by atoms with van der Waals surface area (Å²) in [6, 6.07) is 12.3. The van der Waals surface area contributed by atoms with Crippen LogP contribution in [0.15, 0.2) is 53.5 Å². The van der Waals surface area contributed by atoms with Crippen LogP contribution < -0.4 is 10.6 Å². The van der Waals surface area contributed by atoms with E-state index in [4.69, 9.17) is 16.9 Å². The summed E-state index contributed by atoms with van der Waals surface area (Å²) in [6.07, 6.45) is 1.85. The number of hydrogen-bond acceptors (Lipinski definition) is 4. The Kier molecular flexibility index (Phi) is 6.95. The molecule has 1 fully saturated rings. The van der Waals surface area contributed by atoms with E-state index >= 15 is 0 Å². The minimum absolute atomic E-state index is 0.0250. The Bertz CT molecular complexity index is 1030. The number of amides is 2. The zero-order valence-electron chi connectivity index (χ0n) is 16.7. The van der Waals surface area contributed by atoms with Crippen LogP contribution in [0.3, 0.4) is 0 Å². The Morgan fingerprint density at radius 1 is 1.19 bits per heavy atom. The van der Waals surface area contributed by atoms with Crippen LogP contribution in [0.25, 0.3) is 0 Å². The standard InChI is InChI=1S/C21H21ClN6O3/c1-14-4-2-3-5-17(14)26-20(24-13-23)27-10-11-28(18(12-27)19(29)30)21(31)25-16-8-6-15(22)7-9-16/h2-9,18H,10-12H2,1H3,(H,24,26)(H,25,31)(H,29,30). The number of benzene rings is 2. The molecule has 1 saturated heterocycles. The molecule has 3 N–H and O–H groups in total. The Labute approximate surface area is 184 Å². The van der Waals surface area contributed by atoms with Gasteiger partial charge in [-0.3, -0.25) is 5.32 Å². The van der Waals surface area contributed by atoms with E-state index in [0.29, 0.717) is 22.9 Å². The fourth-order valence-electron chi connectivity index (χ4n) is 3.19. The molecule has 2 aromatic rings. The summed E-state index contributed by atoms with van der Waals surface area (Å²) in [5, 5.41) is 24.6. The third-order valence-electron chi connectivity index (χ3n) is 4.83. The molecule has 160 valence electrons. The second kappa shape index (κ2) is 9.82. The lowest BCUT2D eigenvalue weighted by Crippen LogP contribution is -2.61. The van der Waals surface area contributed by atoms with Crippen molar-refractivity contribution in [1.29, 1.82) is 5.26 Å².